The monoisotopic (exact) mass is 162 g/mol. The molecule has 0 amide bonds. The third kappa shape index (κ3) is 1.41. The summed E-state index contributed by atoms with van der Waals surface area (Å²) in [6, 6.07) is 0. The molecular formula is C6H12BFO3. The molecule has 1 heterocycles. The van der Waals surface area contributed by atoms with Gasteiger partial charge >= 0.3 is 0 Å². The molecule has 1 aliphatic rings. The van der Waals surface area contributed by atoms with Crippen LogP contribution in [0.1, 0.15) is 6.92 Å². The predicted molar refractivity (Wildman–Crippen MR) is 39.5 cm³/mol. The molecule has 0 bridgehead atoms. The number of hydrogen-bond acceptors (Lipinski definition) is 3. The number of ether oxygens (including phenoxy) is 1. The Hall–Kier alpha value is -0.125. The molecule has 0 aliphatic carbocycles. The highest BCUT2D eigenvalue weighted by molar-refractivity contribution is 6.13. The smallest absolute Gasteiger partial charge is 0.186 e. The van der Waals surface area contributed by atoms with Crippen molar-refractivity contribution >= 4 is 7.85 Å². The Morgan fingerprint density at radius 2 is 2.27 bits per heavy atom. The van der Waals surface area contributed by atoms with E-state index in [1.54, 1.807) is 6.92 Å². The second kappa shape index (κ2) is 2.73. The molecule has 0 aromatic rings. The van der Waals surface area contributed by atoms with Crippen molar-refractivity contribution in [3.05, 3.63) is 0 Å². The van der Waals surface area contributed by atoms with E-state index in [1.165, 1.54) is 7.85 Å². The van der Waals surface area contributed by atoms with Crippen molar-refractivity contribution in [1.29, 1.82) is 0 Å². The fraction of sp³-hybridized carbons (Fsp3) is 1.00. The summed E-state index contributed by atoms with van der Waals surface area (Å²) in [5, 5.41) is 17.9. The van der Waals surface area contributed by atoms with Crippen molar-refractivity contribution in [2.45, 2.75) is 24.9 Å². The largest absolute Gasteiger partial charge is 0.394 e. The summed E-state index contributed by atoms with van der Waals surface area (Å²) in [6.45, 7) is 1.21. The van der Waals surface area contributed by atoms with Crippen LogP contribution in [-0.2, 0) is 4.74 Å². The van der Waals surface area contributed by atoms with Gasteiger partial charge in [0.2, 0.25) is 0 Å². The van der Waals surface area contributed by atoms with Crippen molar-refractivity contribution in [1.82, 2.24) is 0 Å². The minimum absolute atomic E-state index is 0.342. The van der Waals surface area contributed by atoms with E-state index >= 15 is 0 Å². The van der Waals surface area contributed by atoms with E-state index in [4.69, 9.17) is 9.84 Å². The molecule has 0 spiro atoms. The summed E-state index contributed by atoms with van der Waals surface area (Å²) in [6.07, 6.45) is -1.69. The first-order valence-corrected chi connectivity index (χ1v) is 3.64. The van der Waals surface area contributed by atoms with Crippen LogP contribution in [0, 0.1) is 5.92 Å². The van der Waals surface area contributed by atoms with Crippen LogP contribution in [0.5, 0.6) is 0 Å². The van der Waals surface area contributed by atoms with Gasteiger partial charge in [0, 0.05) is 5.92 Å². The van der Waals surface area contributed by atoms with Crippen LogP contribution in [0.2, 0.25) is 0 Å². The molecule has 1 unspecified atom stereocenters. The van der Waals surface area contributed by atoms with Crippen LogP contribution < -0.4 is 0 Å². The second-order valence-corrected chi connectivity index (χ2v) is 3.10. The highest BCUT2D eigenvalue weighted by Gasteiger charge is 2.48. The van der Waals surface area contributed by atoms with Gasteiger partial charge in [-0.2, -0.15) is 0 Å². The van der Waals surface area contributed by atoms with Crippen molar-refractivity contribution < 1.29 is 19.3 Å². The molecule has 0 saturated carbocycles. The molecule has 0 aromatic carbocycles. The lowest BCUT2D eigenvalue weighted by Gasteiger charge is -2.18. The summed E-state index contributed by atoms with van der Waals surface area (Å²) in [5.74, 6) is -2.40. The highest BCUT2D eigenvalue weighted by Crippen LogP contribution is 2.34. The summed E-state index contributed by atoms with van der Waals surface area (Å²) in [5.41, 5.74) is 0. The molecule has 1 aliphatic heterocycles. The highest BCUT2D eigenvalue weighted by atomic mass is 19.2. The lowest BCUT2D eigenvalue weighted by Crippen LogP contribution is -2.31. The zero-order valence-electron chi connectivity index (χ0n) is 6.62. The number of rotatable bonds is 1. The Morgan fingerprint density at radius 1 is 1.73 bits per heavy atom. The molecule has 0 radical (unpaired) electrons. The van der Waals surface area contributed by atoms with Crippen molar-refractivity contribution in [2.24, 2.45) is 5.92 Å². The normalized spacial score (nSPS) is 51.5. The topological polar surface area (TPSA) is 49.7 Å². The van der Waals surface area contributed by atoms with E-state index in [0.29, 0.717) is 0 Å². The van der Waals surface area contributed by atoms with E-state index in [1.807, 2.05) is 0 Å². The number of aliphatic hydroxyl groups is 2. The fourth-order valence-electron chi connectivity index (χ4n) is 1.25. The molecule has 11 heavy (non-hydrogen) atoms. The zero-order chi connectivity index (χ0) is 8.65. The van der Waals surface area contributed by atoms with Crippen LogP contribution in [-0.4, -0.2) is 42.6 Å². The van der Waals surface area contributed by atoms with E-state index in [2.05, 4.69) is 0 Å². The Kier molecular flexibility index (Phi) is 2.23. The van der Waals surface area contributed by atoms with Gasteiger partial charge in [-0.25, -0.2) is 4.39 Å². The van der Waals surface area contributed by atoms with E-state index in [-0.39, 0.29) is 6.61 Å². The average molecular weight is 162 g/mol. The summed E-state index contributed by atoms with van der Waals surface area (Å²) in [4.78, 5) is 0. The van der Waals surface area contributed by atoms with Crippen LogP contribution in [0.3, 0.4) is 0 Å². The van der Waals surface area contributed by atoms with Gasteiger partial charge in [0.1, 0.15) is 6.10 Å². The van der Waals surface area contributed by atoms with Gasteiger partial charge in [0.15, 0.2) is 13.6 Å². The Labute approximate surface area is 65.6 Å². The molecule has 2 N–H and O–H groups in total. The van der Waals surface area contributed by atoms with Crippen molar-refractivity contribution in [3.8, 4) is 0 Å². The summed E-state index contributed by atoms with van der Waals surface area (Å²) < 4.78 is 18.0. The first kappa shape index (κ1) is 8.97. The Bertz CT molecular complexity index is 153. The molecule has 5 heteroatoms. The first-order valence-electron chi connectivity index (χ1n) is 3.64. The first-order chi connectivity index (χ1) is 4.99. The number of hydrogen-bond donors (Lipinski definition) is 2. The molecular weight excluding hydrogens is 150 g/mol. The summed E-state index contributed by atoms with van der Waals surface area (Å²) in [7, 11) is 1.26. The third-order valence-electron chi connectivity index (χ3n) is 2.27. The molecule has 1 rings (SSSR count). The number of alkyl halides is 1. The van der Waals surface area contributed by atoms with Gasteiger partial charge in [0.25, 0.3) is 0 Å². The van der Waals surface area contributed by atoms with Crippen LogP contribution >= 0.6 is 0 Å². The summed E-state index contributed by atoms with van der Waals surface area (Å²) >= 11 is 0. The van der Waals surface area contributed by atoms with Gasteiger partial charge < -0.3 is 14.9 Å². The molecule has 0 aromatic heterocycles. The third-order valence-corrected chi connectivity index (χ3v) is 2.27. The quantitative estimate of drug-likeness (QED) is 0.467. The second-order valence-electron chi connectivity index (χ2n) is 3.10. The molecule has 64 valence electrons. The maximum atomic E-state index is 13.2. The maximum absolute atomic E-state index is 13.2. The van der Waals surface area contributed by atoms with E-state index < -0.39 is 23.9 Å². The minimum Gasteiger partial charge on any atom is -0.394 e. The van der Waals surface area contributed by atoms with Gasteiger partial charge in [-0.05, 0) is 0 Å². The standard InChI is InChI=1S/C6H12BFO3/c1-3-5(10)4(2-9)11-6(3,7)8/h3-5,9-10H,2,7H2,1H3/t3-,4+,5?,6-/m0/s1. The van der Waals surface area contributed by atoms with Gasteiger partial charge in [-0.15, -0.1) is 0 Å². The maximum Gasteiger partial charge on any atom is 0.186 e. The Morgan fingerprint density at radius 3 is 2.45 bits per heavy atom. The van der Waals surface area contributed by atoms with Crippen LogP contribution in [0.4, 0.5) is 4.39 Å². The minimum atomic E-state index is -1.81. The van der Waals surface area contributed by atoms with Gasteiger partial charge in [-0.1, -0.05) is 6.92 Å². The van der Waals surface area contributed by atoms with Gasteiger partial charge in [0.05, 0.1) is 12.7 Å². The Balaban J connectivity index is 2.69. The van der Waals surface area contributed by atoms with Gasteiger partial charge in [-0.3, -0.25) is 0 Å². The van der Waals surface area contributed by atoms with E-state index in [9.17, 15) is 9.50 Å². The average Bonchev–Trinajstić information content (AvgIpc) is 2.13. The molecule has 1 fully saturated rings. The SMILES string of the molecule is B[C@@]1(F)O[C@H](CO)C(O)[C@@H]1C. The van der Waals surface area contributed by atoms with Crippen LogP contribution in [0.15, 0.2) is 0 Å². The zero-order valence-corrected chi connectivity index (χ0v) is 6.62. The molecule has 1 saturated heterocycles. The molecule has 4 atom stereocenters. The lowest BCUT2D eigenvalue weighted by molar-refractivity contribution is -0.100. The number of aliphatic hydroxyl groups excluding tert-OH is 2. The lowest BCUT2D eigenvalue weighted by atomic mass is 9.83. The van der Waals surface area contributed by atoms with Crippen LogP contribution in [0.25, 0.3) is 0 Å². The van der Waals surface area contributed by atoms with Crippen molar-refractivity contribution in [3.63, 3.8) is 0 Å². The van der Waals surface area contributed by atoms with E-state index in [0.717, 1.165) is 0 Å². The predicted octanol–water partition coefficient (Wildman–Crippen LogP) is -1.37. The van der Waals surface area contributed by atoms with Crippen molar-refractivity contribution in [2.75, 3.05) is 6.61 Å². The molecule has 3 nitrogen and oxygen atoms in total. The fourth-order valence-corrected chi connectivity index (χ4v) is 1.25. The number of halogens is 1.